The number of carbonyl (C=O) groups is 2. The van der Waals surface area contributed by atoms with Crippen LogP contribution in [0.1, 0.15) is 34.2 Å². The van der Waals surface area contributed by atoms with Crippen LogP contribution in [0, 0.1) is 6.92 Å². The summed E-state index contributed by atoms with van der Waals surface area (Å²) in [6, 6.07) is 1.37. The van der Waals surface area contributed by atoms with Gasteiger partial charge in [-0.25, -0.2) is 4.79 Å². The van der Waals surface area contributed by atoms with Gasteiger partial charge in [-0.15, -0.1) is 0 Å². The highest BCUT2D eigenvalue weighted by atomic mass is 19.4. The number of nitrogens with one attached hydrogen (secondary N) is 1. The molecule has 2 aromatic heterocycles. The Labute approximate surface area is 126 Å². The summed E-state index contributed by atoms with van der Waals surface area (Å²) in [6.07, 6.45) is -4.54. The van der Waals surface area contributed by atoms with Crippen molar-refractivity contribution in [3.05, 3.63) is 29.3 Å². The molecule has 23 heavy (non-hydrogen) atoms. The fourth-order valence-corrected chi connectivity index (χ4v) is 2.56. The van der Waals surface area contributed by atoms with E-state index in [2.05, 4.69) is 10.5 Å². The Hall–Kier alpha value is -2.78. The number of rotatable bonds is 2. The zero-order valence-corrected chi connectivity index (χ0v) is 11.6. The van der Waals surface area contributed by atoms with E-state index in [0.717, 1.165) is 10.8 Å². The molecule has 1 aliphatic heterocycles. The largest absolute Gasteiger partial charge is 0.478 e. The van der Waals surface area contributed by atoms with Gasteiger partial charge < -0.3 is 14.9 Å². The van der Waals surface area contributed by atoms with Gasteiger partial charge in [0, 0.05) is 18.7 Å². The van der Waals surface area contributed by atoms with E-state index in [1.165, 1.54) is 6.07 Å². The first-order chi connectivity index (χ1) is 10.7. The van der Waals surface area contributed by atoms with Gasteiger partial charge in [0.2, 0.25) is 5.91 Å². The Balaban J connectivity index is 2.28. The van der Waals surface area contributed by atoms with E-state index in [4.69, 9.17) is 4.52 Å². The number of carbonyl (C=O) groups excluding carboxylic acids is 1. The molecule has 10 heteroatoms. The van der Waals surface area contributed by atoms with Crippen molar-refractivity contribution >= 4 is 17.6 Å². The van der Waals surface area contributed by atoms with Crippen molar-refractivity contribution in [3.8, 4) is 5.82 Å². The lowest BCUT2D eigenvalue weighted by Gasteiger charge is -2.26. The van der Waals surface area contributed by atoms with Gasteiger partial charge in [-0.05, 0) is 6.92 Å². The zero-order valence-electron chi connectivity index (χ0n) is 11.6. The molecule has 3 heterocycles. The molecule has 1 amide bonds. The van der Waals surface area contributed by atoms with Gasteiger partial charge in [0.15, 0.2) is 5.82 Å². The fraction of sp³-hybridized carbons (Fsp3) is 0.308. The van der Waals surface area contributed by atoms with E-state index < -0.39 is 36.0 Å². The van der Waals surface area contributed by atoms with Gasteiger partial charge in [-0.3, -0.25) is 9.36 Å². The lowest BCUT2D eigenvalue weighted by Crippen LogP contribution is -2.33. The molecular formula is C13H10F3N3O4. The molecule has 0 aliphatic carbocycles. The number of fused-ring (bicyclic) bond motifs is 1. The van der Waals surface area contributed by atoms with E-state index in [1.54, 1.807) is 6.92 Å². The van der Waals surface area contributed by atoms with Crippen LogP contribution >= 0.6 is 0 Å². The Morgan fingerprint density at radius 2 is 2.22 bits per heavy atom. The molecular weight excluding hydrogens is 319 g/mol. The molecule has 0 fully saturated rings. The minimum Gasteiger partial charge on any atom is -0.478 e. The van der Waals surface area contributed by atoms with Crippen molar-refractivity contribution in [2.45, 2.75) is 25.4 Å². The van der Waals surface area contributed by atoms with E-state index in [9.17, 15) is 27.9 Å². The number of amides is 1. The monoisotopic (exact) mass is 329 g/mol. The van der Waals surface area contributed by atoms with Crippen molar-refractivity contribution in [2.75, 3.05) is 5.32 Å². The maximum atomic E-state index is 13.3. The second kappa shape index (κ2) is 4.86. The Bertz CT molecular complexity index is 806. The summed E-state index contributed by atoms with van der Waals surface area (Å²) in [7, 11) is 0. The average Bonchev–Trinajstić information content (AvgIpc) is 3.00. The summed E-state index contributed by atoms with van der Waals surface area (Å²) in [5.41, 5.74) is -1.18. The fourth-order valence-electron chi connectivity index (χ4n) is 2.56. The van der Waals surface area contributed by atoms with Crippen molar-refractivity contribution < 1.29 is 32.4 Å². The average molecular weight is 329 g/mol. The normalized spacial score (nSPS) is 17.7. The van der Waals surface area contributed by atoms with Gasteiger partial charge in [0.05, 0.1) is 11.4 Å². The zero-order chi connectivity index (χ0) is 16.9. The standard InChI is InChI=1S/C13H10F3N3O4/c1-5-2-8(18-23-5)19-4-6(12(21)22)10-11(19)7(13(14,15)16)3-9(20)17-10/h2,4,7H,3H2,1H3,(H,17,20)(H,21,22). The number of carboxylic acid groups (broad SMARTS) is 1. The number of nitrogens with zero attached hydrogens (tertiary/aromatic N) is 2. The van der Waals surface area contributed by atoms with Crippen molar-refractivity contribution in [2.24, 2.45) is 0 Å². The summed E-state index contributed by atoms with van der Waals surface area (Å²) in [6.45, 7) is 1.55. The molecule has 0 saturated carbocycles. The van der Waals surface area contributed by atoms with Gasteiger partial charge in [0.1, 0.15) is 17.2 Å². The summed E-state index contributed by atoms with van der Waals surface area (Å²) in [5.74, 6) is -4.12. The van der Waals surface area contributed by atoms with Crippen molar-refractivity contribution in [1.29, 1.82) is 0 Å². The topological polar surface area (TPSA) is 97.4 Å². The highest BCUT2D eigenvalue weighted by molar-refractivity contribution is 6.03. The molecule has 0 saturated heterocycles. The van der Waals surface area contributed by atoms with E-state index >= 15 is 0 Å². The lowest BCUT2D eigenvalue weighted by molar-refractivity contribution is -0.157. The van der Waals surface area contributed by atoms with Crippen LogP contribution < -0.4 is 5.32 Å². The Kier molecular flexibility index (Phi) is 3.20. The SMILES string of the molecule is Cc1cc(-n2cc(C(=O)O)c3c2C(C(F)(F)F)CC(=O)N3)no1. The van der Waals surface area contributed by atoms with E-state index in [-0.39, 0.29) is 17.2 Å². The summed E-state index contributed by atoms with van der Waals surface area (Å²) >= 11 is 0. The quantitative estimate of drug-likeness (QED) is 0.882. The number of hydrogen-bond donors (Lipinski definition) is 2. The maximum absolute atomic E-state index is 13.3. The third kappa shape index (κ3) is 2.45. The first-order valence-corrected chi connectivity index (χ1v) is 6.47. The van der Waals surface area contributed by atoms with Crippen LogP contribution in [-0.4, -0.2) is 32.9 Å². The van der Waals surface area contributed by atoms with Crippen molar-refractivity contribution in [3.63, 3.8) is 0 Å². The summed E-state index contributed by atoms with van der Waals surface area (Å²) < 4.78 is 45.8. The molecule has 7 nitrogen and oxygen atoms in total. The molecule has 1 unspecified atom stereocenters. The van der Waals surface area contributed by atoms with E-state index in [0.29, 0.717) is 5.76 Å². The third-order valence-electron chi connectivity index (χ3n) is 3.52. The smallest absolute Gasteiger partial charge is 0.397 e. The predicted molar refractivity (Wildman–Crippen MR) is 69.6 cm³/mol. The second-order valence-electron chi connectivity index (χ2n) is 5.12. The Morgan fingerprint density at radius 1 is 1.52 bits per heavy atom. The van der Waals surface area contributed by atoms with Crippen molar-refractivity contribution in [1.82, 2.24) is 9.72 Å². The number of aromatic carboxylic acids is 1. The van der Waals surface area contributed by atoms with Crippen LogP contribution in [0.4, 0.5) is 18.9 Å². The van der Waals surface area contributed by atoms with Crippen LogP contribution in [0.5, 0.6) is 0 Å². The highest BCUT2D eigenvalue weighted by Crippen LogP contribution is 2.46. The van der Waals surface area contributed by atoms with Crippen LogP contribution in [0.15, 0.2) is 16.8 Å². The van der Waals surface area contributed by atoms with Gasteiger partial charge in [-0.1, -0.05) is 5.16 Å². The van der Waals surface area contributed by atoms with Gasteiger partial charge in [0.25, 0.3) is 0 Å². The molecule has 0 bridgehead atoms. The first kappa shape index (κ1) is 15.1. The summed E-state index contributed by atoms with van der Waals surface area (Å²) in [5, 5.41) is 15.0. The van der Waals surface area contributed by atoms with Crippen LogP contribution in [0.3, 0.4) is 0 Å². The second-order valence-corrected chi connectivity index (χ2v) is 5.12. The molecule has 122 valence electrons. The number of hydrogen-bond acceptors (Lipinski definition) is 4. The molecule has 0 spiro atoms. The first-order valence-electron chi connectivity index (χ1n) is 6.47. The summed E-state index contributed by atoms with van der Waals surface area (Å²) in [4.78, 5) is 22.9. The molecule has 0 radical (unpaired) electrons. The number of aryl methyl sites for hydroxylation is 1. The van der Waals surface area contributed by atoms with Gasteiger partial charge >= 0.3 is 12.1 Å². The number of halogens is 3. The predicted octanol–water partition coefficient (Wildman–Crippen LogP) is 2.46. The Morgan fingerprint density at radius 3 is 2.74 bits per heavy atom. The molecule has 1 aliphatic rings. The molecule has 0 aromatic carbocycles. The number of anilines is 1. The van der Waals surface area contributed by atoms with Crippen LogP contribution in [0.2, 0.25) is 0 Å². The number of alkyl halides is 3. The van der Waals surface area contributed by atoms with Gasteiger partial charge in [-0.2, -0.15) is 13.2 Å². The molecule has 2 aromatic rings. The third-order valence-corrected chi connectivity index (χ3v) is 3.52. The molecule has 1 atom stereocenters. The minimum absolute atomic E-state index is 0.0108. The highest BCUT2D eigenvalue weighted by Gasteiger charge is 2.48. The van der Waals surface area contributed by atoms with E-state index in [1.807, 2.05) is 0 Å². The van der Waals surface area contributed by atoms with Crippen LogP contribution in [0.25, 0.3) is 5.82 Å². The maximum Gasteiger partial charge on any atom is 0.397 e. The van der Waals surface area contributed by atoms with Crippen LogP contribution in [-0.2, 0) is 4.79 Å². The molecule has 2 N–H and O–H groups in total. The number of carboxylic acids is 1. The molecule has 3 rings (SSSR count). The number of aromatic nitrogens is 2. The minimum atomic E-state index is -4.71. The lowest BCUT2D eigenvalue weighted by atomic mass is 9.94.